The molecule has 0 unspecified atom stereocenters. The van der Waals surface area contributed by atoms with E-state index < -0.39 is 0 Å². The molecule has 0 amide bonds. The molecule has 21 heavy (non-hydrogen) atoms. The van der Waals surface area contributed by atoms with Gasteiger partial charge >= 0.3 is 0 Å². The molecule has 0 aliphatic carbocycles. The number of para-hydroxylation sites is 2. The van der Waals surface area contributed by atoms with Crippen LogP contribution in [0.4, 0.5) is 5.69 Å². The smallest absolute Gasteiger partial charge is 0.223 e. The Labute approximate surface area is 121 Å². The lowest BCUT2D eigenvalue weighted by Crippen LogP contribution is -2.26. The standard InChI is InChI=1S/C13H17N7O/c1-20-7-9(6-17-20)8-21-11-5-3-2-4-10(11)18-13(16)19-12(14)15/h2-7H,8H2,1H3,(H6,14,15,16,18,19). The predicted octanol–water partition coefficient (Wildman–Crippen LogP) is 0.219. The van der Waals surface area contributed by atoms with E-state index in [0.29, 0.717) is 18.0 Å². The summed E-state index contributed by atoms with van der Waals surface area (Å²) < 4.78 is 7.42. The number of aryl methyl sites for hydroxylation is 1. The number of nitrogens with zero attached hydrogens (tertiary/aromatic N) is 4. The van der Waals surface area contributed by atoms with Gasteiger partial charge in [-0.3, -0.25) is 4.68 Å². The van der Waals surface area contributed by atoms with Crippen LogP contribution in [0.15, 0.2) is 46.6 Å². The van der Waals surface area contributed by atoms with Gasteiger partial charge in [-0.05, 0) is 12.1 Å². The number of aromatic nitrogens is 2. The monoisotopic (exact) mass is 287 g/mol. The van der Waals surface area contributed by atoms with Gasteiger partial charge in [0.25, 0.3) is 0 Å². The molecular weight excluding hydrogens is 270 g/mol. The number of hydrogen-bond acceptors (Lipinski definition) is 3. The van der Waals surface area contributed by atoms with E-state index in [1.54, 1.807) is 23.0 Å². The van der Waals surface area contributed by atoms with Crippen LogP contribution >= 0.6 is 0 Å². The van der Waals surface area contributed by atoms with Crippen LogP contribution < -0.4 is 21.9 Å². The minimum absolute atomic E-state index is 0.0348. The molecule has 0 aliphatic heterocycles. The summed E-state index contributed by atoms with van der Waals surface area (Å²) >= 11 is 0. The van der Waals surface area contributed by atoms with E-state index in [0.717, 1.165) is 5.56 Å². The van der Waals surface area contributed by atoms with Crippen molar-refractivity contribution in [1.29, 1.82) is 0 Å². The van der Waals surface area contributed by atoms with Crippen LogP contribution in [0, 0.1) is 0 Å². The number of hydrogen-bond donors (Lipinski definition) is 3. The Morgan fingerprint density at radius 3 is 2.71 bits per heavy atom. The molecule has 0 fully saturated rings. The molecule has 1 heterocycles. The van der Waals surface area contributed by atoms with Crippen molar-refractivity contribution in [3.8, 4) is 5.75 Å². The fourth-order valence-corrected chi connectivity index (χ4v) is 1.66. The van der Waals surface area contributed by atoms with Gasteiger partial charge < -0.3 is 21.9 Å². The van der Waals surface area contributed by atoms with Crippen molar-refractivity contribution in [2.75, 3.05) is 0 Å². The fraction of sp³-hybridized carbons (Fsp3) is 0.154. The van der Waals surface area contributed by atoms with Gasteiger partial charge in [0.1, 0.15) is 18.0 Å². The van der Waals surface area contributed by atoms with E-state index in [2.05, 4.69) is 15.1 Å². The van der Waals surface area contributed by atoms with Crippen LogP contribution in [0.5, 0.6) is 5.75 Å². The summed E-state index contributed by atoms with van der Waals surface area (Å²) in [7, 11) is 1.84. The van der Waals surface area contributed by atoms with Gasteiger partial charge in [-0.2, -0.15) is 10.1 Å². The van der Waals surface area contributed by atoms with E-state index in [9.17, 15) is 0 Å². The number of aliphatic imine (C=N–C) groups is 2. The molecule has 0 atom stereocenters. The van der Waals surface area contributed by atoms with Gasteiger partial charge in [-0.1, -0.05) is 12.1 Å². The summed E-state index contributed by atoms with van der Waals surface area (Å²) in [6, 6.07) is 7.21. The average molecular weight is 287 g/mol. The lowest BCUT2D eigenvalue weighted by Gasteiger charge is -2.07. The fourth-order valence-electron chi connectivity index (χ4n) is 1.66. The van der Waals surface area contributed by atoms with Crippen LogP contribution in [0.25, 0.3) is 0 Å². The average Bonchev–Trinajstić information content (AvgIpc) is 2.82. The molecule has 0 bridgehead atoms. The van der Waals surface area contributed by atoms with Crippen LogP contribution in [-0.2, 0) is 13.7 Å². The maximum atomic E-state index is 5.72. The molecule has 8 heteroatoms. The van der Waals surface area contributed by atoms with Gasteiger partial charge in [0, 0.05) is 18.8 Å². The third kappa shape index (κ3) is 4.23. The van der Waals surface area contributed by atoms with E-state index in [1.807, 2.05) is 25.4 Å². The van der Waals surface area contributed by atoms with Gasteiger partial charge in [-0.25, -0.2) is 4.99 Å². The second-order valence-corrected chi connectivity index (χ2v) is 4.29. The number of guanidine groups is 2. The van der Waals surface area contributed by atoms with Crippen LogP contribution in [0.3, 0.4) is 0 Å². The molecule has 0 saturated heterocycles. The van der Waals surface area contributed by atoms with E-state index in [-0.39, 0.29) is 11.9 Å². The highest BCUT2D eigenvalue weighted by molar-refractivity contribution is 5.93. The van der Waals surface area contributed by atoms with Gasteiger partial charge in [0.2, 0.25) is 5.96 Å². The first kappa shape index (κ1) is 14.4. The first-order valence-corrected chi connectivity index (χ1v) is 6.18. The zero-order valence-corrected chi connectivity index (χ0v) is 11.6. The van der Waals surface area contributed by atoms with Crippen molar-refractivity contribution in [1.82, 2.24) is 9.78 Å². The molecule has 2 rings (SSSR count). The largest absolute Gasteiger partial charge is 0.487 e. The lowest BCUT2D eigenvalue weighted by atomic mass is 10.3. The molecule has 1 aromatic carbocycles. The van der Waals surface area contributed by atoms with Crippen molar-refractivity contribution in [2.45, 2.75) is 6.61 Å². The minimum Gasteiger partial charge on any atom is -0.487 e. The molecule has 0 aliphatic rings. The normalized spacial score (nSPS) is 11.2. The topological polar surface area (TPSA) is 130 Å². The molecule has 6 N–H and O–H groups in total. The Morgan fingerprint density at radius 1 is 1.29 bits per heavy atom. The molecule has 1 aromatic heterocycles. The molecular formula is C13H17N7O. The van der Waals surface area contributed by atoms with Crippen molar-refractivity contribution in [3.63, 3.8) is 0 Å². The van der Waals surface area contributed by atoms with Crippen molar-refractivity contribution in [2.24, 2.45) is 34.2 Å². The van der Waals surface area contributed by atoms with Crippen molar-refractivity contribution < 1.29 is 4.74 Å². The Hall–Kier alpha value is -3.03. The number of rotatable bonds is 4. The van der Waals surface area contributed by atoms with Gasteiger partial charge in [-0.15, -0.1) is 0 Å². The second kappa shape index (κ2) is 6.42. The molecule has 8 nitrogen and oxygen atoms in total. The maximum Gasteiger partial charge on any atom is 0.223 e. The van der Waals surface area contributed by atoms with Gasteiger partial charge in [0.15, 0.2) is 5.96 Å². The third-order valence-corrected chi connectivity index (χ3v) is 2.50. The maximum absolute atomic E-state index is 5.72. The third-order valence-electron chi connectivity index (χ3n) is 2.50. The highest BCUT2D eigenvalue weighted by Gasteiger charge is 2.04. The summed E-state index contributed by atoms with van der Waals surface area (Å²) in [5.74, 6) is 0.396. The Kier molecular flexibility index (Phi) is 4.39. The van der Waals surface area contributed by atoms with Crippen LogP contribution in [0.2, 0.25) is 0 Å². The summed E-state index contributed by atoms with van der Waals surface area (Å²) in [6.07, 6.45) is 3.61. The zero-order valence-electron chi connectivity index (χ0n) is 11.6. The second-order valence-electron chi connectivity index (χ2n) is 4.29. The Balaban J connectivity index is 2.15. The Bertz CT molecular complexity index is 671. The van der Waals surface area contributed by atoms with Crippen LogP contribution in [-0.4, -0.2) is 21.7 Å². The summed E-state index contributed by atoms with van der Waals surface area (Å²) in [5.41, 5.74) is 17.6. The number of ether oxygens (including phenoxy) is 1. The van der Waals surface area contributed by atoms with Crippen molar-refractivity contribution in [3.05, 3.63) is 42.2 Å². The number of benzene rings is 1. The molecule has 0 radical (unpaired) electrons. The predicted molar refractivity (Wildman–Crippen MR) is 81.1 cm³/mol. The zero-order chi connectivity index (χ0) is 15.2. The quantitative estimate of drug-likeness (QED) is 0.547. The lowest BCUT2D eigenvalue weighted by molar-refractivity contribution is 0.307. The highest BCUT2D eigenvalue weighted by atomic mass is 16.5. The number of nitrogens with two attached hydrogens (primary N) is 3. The molecule has 110 valence electrons. The summed E-state index contributed by atoms with van der Waals surface area (Å²) in [5, 5.41) is 4.08. The molecule has 0 spiro atoms. The first-order chi connectivity index (χ1) is 10.0. The Morgan fingerprint density at radius 2 is 2.05 bits per heavy atom. The van der Waals surface area contributed by atoms with E-state index >= 15 is 0 Å². The molecule has 0 saturated carbocycles. The van der Waals surface area contributed by atoms with Gasteiger partial charge in [0.05, 0.1) is 6.20 Å². The highest BCUT2D eigenvalue weighted by Crippen LogP contribution is 2.27. The summed E-state index contributed by atoms with van der Waals surface area (Å²) in [4.78, 5) is 7.78. The molecule has 2 aromatic rings. The first-order valence-electron chi connectivity index (χ1n) is 6.18. The van der Waals surface area contributed by atoms with Crippen molar-refractivity contribution >= 4 is 17.6 Å². The van der Waals surface area contributed by atoms with E-state index in [4.69, 9.17) is 21.9 Å². The minimum atomic E-state index is -0.148. The van der Waals surface area contributed by atoms with E-state index in [1.165, 1.54) is 0 Å². The summed E-state index contributed by atoms with van der Waals surface area (Å²) in [6.45, 7) is 0.378. The SMILES string of the molecule is Cn1cc(COc2ccccc2N=C(N)N=C(N)N)cn1. The van der Waals surface area contributed by atoms with Crippen LogP contribution in [0.1, 0.15) is 5.56 Å².